The van der Waals surface area contributed by atoms with E-state index >= 15 is 0 Å². The maximum atomic E-state index is 12.8. The number of aromatic nitrogens is 2. The molecule has 0 saturated carbocycles. The number of aryl methyl sites for hydroxylation is 1. The third-order valence-corrected chi connectivity index (χ3v) is 5.87. The molecule has 132 valence electrons. The number of hydrogen-bond donors (Lipinski definition) is 0. The maximum Gasteiger partial charge on any atom is 0.235 e. The SMILES string of the molecule is CC1CCN(C(=O)[C@@H](C)Sc2nc3ccccc3n2CCC#N)CC1. The van der Waals surface area contributed by atoms with Crippen LogP contribution in [0.15, 0.2) is 29.4 Å². The molecular formula is C19H24N4OS. The zero-order valence-electron chi connectivity index (χ0n) is 14.8. The summed E-state index contributed by atoms with van der Waals surface area (Å²) in [7, 11) is 0. The molecule has 0 bridgehead atoms. The van der Waals surface area contributed by atoms with Crippen LogP contribution in [0.5, 0.6) is 0 Å². The Bertz CT molecular complexity index is 786. The minimum Gasteiger partial charge on any atom is -0.342 e. The fourth-order valence-corrected chi connectivity index (χ4v) is 4.25. The Balaban J connectivity index is 1.77. The summed E-state index contributed by atoms with van der Waals surface area (Å²) in [5.41, 5.74) is 1.93. The minimum atomic E-state index is -0.175. The summed E-state index contributed by atoms with van der Waals surface area (Å²) in [5, 5.41) is 9.59. The number of nitriles is 1. The van der Waals surface area contributed by atoms with E-state index in [0.717, 1.165) is 42.1 Å². The molecule has 1 atom stereocenters. The van der Waals surface area contributed by atoms with E-state index in [9.17, 15) is 4.79 Å². The van der Waals surface area contributed by atoms with Crippen molar-refractivity contribution >= 4 is 28.7 Å². The Labute approximate surface area is 153 Å². The summed E-state index contributed by atoms with van der Waals surface area (Å²) < 4.78 is 2.06. The van der Waals surface area contributed by atoms with Gasteiger partial charge in [0.25, 0.3) is 0 Å². The molecule has 1 aliphatic heterocycles. The second-order valence-electron chi connectivity index (χ2n) is 6.71. The van der Waals surface area contributed by atoms with Crippen molar-refractivity contribution in [1.29, 1.82) is 5.26 Å². The highest BCUT2D eigenvalue weighted by molar-refractivity contribution is 8.00. The van der Waals surface area contributed by atoms with Gasteiger partial charge >= 0.3 is 0 Å². The summed E-state index contributed by atoms with van der Waals surface area (Å²) >= 11 is 1.50. The first-order valence-corrected chi connectivity index (χ1v) is 9.75. The number of carbonyl (C=O) groups excluding carboxylic acids is 1. The molecule has 0 spiro atoms. The first-order valence-electron chi connectivity index (χ1n) is 8.88. The van der Waals surface area contributed by atoms with Gasteiger partial charge in [0, 0.05) is 19.6 Å². The summed E-state index contributed by atoms with van der Waals surface area (Å²) in [6, 6.07) is 10.1. The lowest BCUT2D eigenvalue weighted by Crippen LogP contribution is -2.41. The summed E-state index contributed by atoms with van der Waals surface area (Å²) in [5.74, 6) is 0.901. The molecule has 0 radical (unpaired) electrons. The first kappa shape index (κ1) is 17.8. The topological polar surface area (TPSA) is 61.9 Å². The predicted octanol–water partition coefficient (Wildman–Crippen LogP) is 3.69. The molecule has 2 heterocycles. The van der Waals surface area contributed by atoms with Gasteiger partial charge in [-0.25, -0.2) is 4.98 Å². The van der Waals surface area contributed by atoms with Crippen LogP contribution in [-0.2, 0) is 11.3 Å². The number of rotatable bonds is 5. The van der Waals surface area contributed by atoms with E-state index < -0.39 is 0 Å². The lowest BCUT2D eigenvalue weighted by molar-refractivity contribution is -0.131. The number of benzene rings is 1. The van der Waals surface area contributed by atoms with Crippen molar-refractivity contribution in [2.24, 2.45) is 5.92 Å². The van der Waals surface area contributed by atoms with E-state index in [2.05, 4.69) is 17.6 Å². The van der Waals surface area contributed by atoms with Crippen LogP contribution in [0.4, 0.5) is 0 Å². The highest BCUT2D eigenvalue weighted by atomic mass is 32.2. The minimum absolute atomic E-state index is 0.175. The van der Waals surface area contributed by atoms with Crippen molar-refractivity contribution in [3.05, 3.63) is 24.3 Å². The molecular weight excluding hydrogens is 332 g/mol. The standard InChI is InChI=1S/C19H24N4OS/c1-14-8-12-22(13-9-14)18(24)15(2)25-19-21-16-6-3-4-7-17(16)23(19)11-5-10-20/h3-4,6-7,14-15H,5,8-9,11-13H2,1-2H3/t15-/m1/s1. The molecule has 0 N–H and O–H groups in total. The zero-order valence-corrected chi connectivity index (χ0v) is 15.6. The normalized spacial score (nSPS) is 16.8. The van der Waals surface area contributed by atoms with Crippen molar-refractivity contribution in [1.82, 2.24) is 14.5 Å². The highest BCUT2D eigenvalue weighted by Crippen LogP contribution is 2.29. The first-order chi connectivity index (χ1) is 12.1. The monoisotopic (exact) mass is 356 g/mol. The average molecular weight is 356 g/mol. The van der Waals surface area contributed by atoms with E-state index in [-0.39, 0.29) is 11.2 Å². The molecule has 1 amide bonds. The predicted molar refractivity (Wildman–Crippen MR) is 100 cm³/mol. The van der Waals surface area contributed by atoms with Crippen molar-refractivity contribution in [3.8, 4) is 6.07 Å². The van der Waals surface area contributed by atoms with Crippen LogP contribution in [0.2, 0.25) is 0 Å². The smallest absolute Gasteiger partial charge is 0.235 e. The quantitative estimate of drug-likeness (QED) is 0.767. The number of para-hydroxylation sites is 2. The van der Waals surface area contributed by atoms with Gasteiger partial charge in [-0.2, -0.15) is 5.26 Å². The van der Waals surface area contributed by atoms with E-state index in [1.54, 1.807) is 0 Å². The van der Waals surface area contributed by atoms with Gasteiger partial charge in [0.2, 0.25) is 5.91 Å². The number of fused-ring (bicyclic) bond motifs is 1. The number of amides is 1. The Morgan fingerprint density at radius 1 is 1.40 bits per heavy atom. The van der Waals surface area contributed by atoms with Crippen molar-refractivity contribution in [2.45, 2.75) is 50.1 Å². The van der Waals surface area contributed by atoms with Crippen LogP contribution in [0.3, 0.4) is 0 Å². The Kier molecular flexibility index (Phi) is 5.64. The van der Waals surface area contributed by atoms with Crippen LogP contribution in [0.25, 0.3) is 11.0 Å². The zero-order chi connectivity index (χ0) is 17.8. The Morgan fingerprint density at radius 2 is 2.12 bits per heavy atom. The highest BCUT2D eigenvalue weighted by Gasteiger charge is 2.26. The van der Waals surface area contributed by atoms with Gasteiger partial charge in [0.15, 0.2) is 5.16 Å². The number of imidazole rings is 1. The number of carbonyl (C=O) groups is 1. The second kappa shape index (κ2) is 7.92. The van der Waals surface area contributed by atoms with E-state index in [4.69, 9.17) is 10.2 Å². The van der Waals surface area contributed by atoms with Gasteiger partial charge < -0.3 is 9.47 Å². The molecule has 2 aromatic rings. The third-order valence-electron chi connectivity index (χ3n) is 4.79. The third kappa shape index (κ3) is 3.98. The average Bonchev–Trinajstić information content (AvgIpc) is 2.97. The summed E-state index contributed by atoms with van der Waals surface area (Å²) in [6.45, 7) is 6.52. The van der Waals surface area contributed by atoms with Crippen LogP contribution in [0, 0.1) is 17.2 Å². The number of nitrogens with zero attached hydrogens (tertiary/aromatic N) is 4. The van der Waals surface area contributed by atoms with E-state index in [0.29, 0.717) is 18.9 Å². The number of thioether (sulfide) groups is 1. The van der Waals surface area contributed by atoms with Crippen LogP contribution in [-0.4, -0.2) is 38.7 Å². The maximum absolute atomic E-state index is 12.8. The molecule has 1 aromatic carbocycles. The van der Waals surface area contributed by atoms with Crippen molar-refractivity contribution in [3.63, 3.8) is 0 Å². The second-order valence-corrected chi connectivity index (χ2v) is 8.02. The largest absolute Gasteiger partial charge is 0.342 e. The van der Waals surface area contributed by atoms with E-state index in [1.165, 1.54) is 11.8 Å². The molecule has 25 heavy (non-hydrogen) atoms. The molecule has 3 rings (SSSR count). The molecule has 6 heteroatoms. The van der Waals surface area contributed by atoms with Crippen LogP contribution in [0.1, 0.15) is 33.1 Å². The van der Waals surface area contributed by atoms with Crippen LogP contribution < -0.4 is 0 Å². The fraction of sp³-hybridized carbons (Fsp3) is 0.526. The Morgan fingerprint density at radius 3 is 2.84 bits per heavy atom. The summed E-state index contributed by atoms with van der Waals surface area (Å²) in [6.07, 6.45) is 2.61. The van der Waals surface area contributed by atoms with Crippen molar-refractivity contribution < 1.29 is 4.79 Å². The molecule has 1 fully saturated rings. The lowest BCUT2D eigenvalue weighted by atomic mass is 9.99. The van der Waals surface area contributed by atoms with Crippen LogP contribution >= 0.6 is 11.8 Å². The van der Waals surface area contributed by atoms with Gasteiger partial charge in [-0.05, 0) is 37.8 Å². The van der Waals surface area contributed by atoms with Gasteiger partial charge in [-0.3, -0.25) is 4.79 Å². The molecule has 0 aliphatic carbocycles. The van der Waals surface area contributed by atoms with E-state index in [1.807, 2.05) is 36.1 Å². The molecule has 5 nitrogen and oxygen atoms in total. The summed E-state index contributed by atoms with van der Waals surface area (Å²) in [4.78, 5) is 19.4. The lowest BCUT2D eigenvalue weighted by Gasteiger charge is -2.32. The molecule has 0 unspecified atom stereocenters. The molecule has 1 saturated heterocycles. The fourth-order valence-electron chi connectivity index (χ4n) is 3.22. The number of likely N-dealkylation sites (tertiary alicyclic amines) is 1. The Hall–Kier alpha value is -2.00. The number of hydrogen-bond acceptors (Lipinski definition) is 4. The van der Waals surface area contributed by atoms with Gasteiger partial charge in [0.1, 0.15) is 0 Å². The molecule has 1 aliphatic rings. The van der Waals surface area contributed by atoms with Gasteiger partial charge in [0.05, 0.1) is 28.8 Å². The van der Waals surface area contributed by atoms with Gasteiger partial charge in [-0.15, -0.1) is 0 Å². The van der Waals surface area contributed by atoms with Crippen molar-refractivity contribution in [2.75, 3.05) is 13.1 Å². The molecule has 1 aromatic heterocycles. The number of piperidine rings is 1. The van der Waals surface area contributed by atoms with Gasteiger partial charge in [-0.1, -0.05) is 30.8 Å².